The van der Waals surface area contributed by atoms with Crippen molar-refractivity contribution in [1.29, 1.82) is 0 Å². The average molecular weight is 327 g/mol. The molecule has 106 valence electrons. The van der Waals surface area contributed by atoms with Crippen molar-refractivity contribution in [2.75, 3.05) is 33.3 Å². The first-order valence-corrected chi connectivity index (χ1v) is 7.81. The van der Waals surface area contributed by atoms with Crippen LogP contribution < -0.4 is 5.32 Å². The van der Waals surface area contributed by atoms with E-state index in [0.717, 1.165) is 30.7 Å². The third kappa shape index (κ3) is 3.78. The van der Waals surface area contributed by atoms with E-state index in [1.165, 1.54) is 12.0 Å². The summed E-state index contributed by atoms with van der Waals surface area (Å²) in [6, 6.07) is 8.94. The Kier molecular flexibility index (Phi) is 5.82. The number of halogens is 1. The van der Waals surface area contributed by atoms with Gasteiger partial charge in [0.15, 0.2) is 0 Å². The molecule has 0 bridgehead atoms. The van der Waals surface area contributed by atoms with E-state index in [4.69, 9.17) is 4.74 Å². The van der Waals surface area contributed by atoms with Gasteiger partial charge in [-0.05, 0) is 37.7 Å². The van der Waals surface area contributed by atoms with E-state index in [-0.39, 0.29) is 6.10 Å². The molecule has 0 spiro atoms. The van der Waals surface area contributed by atoms with Gasteiger partial charge in [0.25, 0.3) is 0 Å². The molecule has 1 heterocycles. The fourth-order valence-electron chi connectivity index (χ4n) is 2.81. The lowest BCUT2D eigenvalue weighted by atomic mass is 9.97. The second-order valence-electron chi connectivity index (χ2n) is 5.00. The molecule has 2 unspecified atom stereocenters. The van der Waals surface area contributed by atoms with Crippen molar-refractivity contribution in [2.45, 2.75) is 25.5 Å². The Morgan fingerprint density at radius 3 is 3.00 bits per heavy atom. The van der Waals surface area contributed by atoms with E-state index in [1.807, 2.05) is 7.05 Å². The first-order chi connectivity index (χ1) is 9.26. The molecule has 1 fully saturated rings. The van der Waals surface area contributed by atoms with Crippen LogP contribution in [0.15, 0.2) is 28.7 Å². The zero-order valence-electron chi connectivity index (χ0n) is 11.7. The van der Waals surface area contributed by atoms with Crippen LogP contribution in [0.4, 0.5) is 0 Å². The van der Waals surface area contributed by atoms with Crippen molar-refractivity contribution >= 4 is 15.9 Å². The van der Waals surface area contributed by atoms with Gasteiger partial charge < -0.3 is 10.1 Å². The van der Waals surface area contributed by atoms with E-state index in [1.54, 1.807) is 0 Å². The van der Waals surface area contributed by atoms with Crippen molar-refractivity contribution in [1.82, 2.24) is 10.2 Å². The van der Waals surface area contributed by atoms with Gasteiger partial charge in [-0.2, -0.15) is 0 Å². The van der Waals surface area contributed by atoms with Crippen LogP contribution >= 0.6 is 15.9 Å². The van der Waals surface area contributed by atoms with E-state index < -0.39 is 0 Å². The van der Waals surface area contributed by atoms with Gasteiger partial charge in [-0.3, -0.25) is 4.90 Å². The monoisotopic (exact) mass is 326 g/mol. The summed E-state index contributed by atoms with van der Waals surface area (Å²) in [4.78, 5) is 2.55. The number of ether oxygens (including phenoxy) is 1. The largest absolute Gasteiger partial charge is 0.374 e. The number of likely N-dealkylation sites (N-methyl/N-ethyl adjacent to an activating group) is 1. The van der Waals surface area contributed by atoms with Gasteiger partial charge in [0.05, 0.1) is 18.8 Å². The molecule has 2 atom stereocenters. The average Bonchev–Trinajstić information content (AvgIpc) is 2.40. The number of hydrogen-bond donors (Lipinski definition) is 1. The SMILES string of the molecule is CCCN1CCOC(CNC)C1c1cccc(Br)c1. The first-order valence-electron chi connectivity index (χ1n) is 7.02. The van der Waals surface area contributed by atoms with Gasteiger partial charge in [-0.25, -0.2) is 0 Å². The Bertz CT molecular complexity index is 381. The lowest BCUT2D eigenvalue weighted by Gasteiger charge is -2.41. The zero-order chi connectivity index (χ0) is 13.7. The zero-order valence-corrected chi connectivity index (χ0v) is 13.3. The Labute approximate surface area is 124 Å². The predicted molar refractivity (Wildman–Crippen MR) is 82.4 cm³/mol. The van der Waals surface area contributed by atoms with Crippen LogP contribution in [-0.2, 0) is 4.74 Å². The Morgan fingerprint density at radius 1 is 1.47 bits per heavy atom. The lowest BCUT2D eigenvalue weighted by Crippen LogP contribution is -2.48. The third-order valence-corrected chi connectivity index (χ3v) is 4.06. The smallest absolute Gasteiger partial charge is 0.0896 e. The number of rotatable bonds is 5. The second-order valence-corrected chi connectivity index (χ2v) is 5.92. The Hall–Kier alpha value is -0.420. The van der Waals surface area contributed by atoms with Crippen LogP contribution in [0.1, 0.15) is 24.9 Å². The van der Waals surface area contributed by atoms with Crippen LogP contribution in [0, 0.1) is 0 Å². The molecular weight excluding hydrogens is 304 g/mol. The van der Waals surface area contributed by atoms with Gasteiger partial charge in [0.2, 0.25) is 0 Å². The second kappa shape index (κ2) is 7.39. The Balaban J connectivity index is 2.26. The van der Waals surface area contributed by atoms with Crippen molar-refractivity contribution in [3.63, 3.8) is 0 Å². The molecule has 0 radical (unpaired) electrons. The van der Waals surface area contributed by atoms with Crippen molar-refractivity contribution in [3.8, 4) is 0 Å². The van der Waals surface area contributed by atoms with Gasteiger partial charge in [0.1, 0.15) is 0 Å². The van der Waals surface area contributed by atoms with Crippen LogP contribution in [0.5, 0.6) is 0 Å². The summed E-state index contributed by atoms with van der Waals surface area (Å²) < 4.78 is 7.12. The van der Waals surface area contributed by atoms with Gasteiger partial charge in [0, 0.05) is 17.6 Å². The summed E-state index contributed by atoms with van der Waals surface area (Å²) in [6.07, 6.45) is 1.40. The molecule has 1 aliphatic heterocycles. The maximum Gasteiger partial charge on any atom is 0.0896 e. The number of morpholine rings is 1. The fraction of sp³-hybridized carbons (Fsp3) is 0.600. The third-order valence-electron chi connectivity index (χ3n) is 3.56. The van der Waals surface area contributed by atoms with E-state index >= 15 is 0 Å². The van der Waals surface area contributed by atoms with Crippen molar-refractivity contribution in [3.05, 3.63) is 34.3 Å². The topological polar surface area (TPSA) is 24.5 Å². The Morgan fingerprint density at radius 2 is 2.32 bits per heavy atom. The minimum absolute atomic E-state index is 0.222. The summed E-state index contributed by atoms with van der Waals surface area (Å²) in [5.41, 5.74) is 1.34. The minimum Gasteiger partial charge on any atom is -0.374 e. The normalized spacial score (nSPS) is 24.6. The van der Waals surface area contributed by atoms with Gasteiger partial charge >= 0.3 is 0 Å². The fourth-order valence-corrected chi connectivity index (χ4v) is 3.23. The standard InChI is InChI=1S/C15H23BrN2O/c1-3-7-18-8-9-19-14(11-17-2)15(18)12-5-4-6-13(16)10-12/h4-6,10,14-15,17H,3,7-9,11H2,1-2H3. The van der Waals surface area contributed by atoms with E-state index in [0.29, 0.717) is 6.04 Å². The number of nitrogens with one attached hydrogen (secondary N) is 1. The molecule has 2 rings (SSSR count). The van der Waals surface area contributed by atoms with Gasteiger partial charge in [-0.1, -0.05) is 35.0 Å². The van der Waals surface area contributed by atoms with Crippen LogP contribution in [-0.4, -0.2) is 44.3 Å². The van der Waals surface area contributed by atoms with Crippen molar-refractivity contribution in [2.24, 2.45) is 0 Å². The maximum absolute atomic E-state index is 5.98. The molecule has 0 saturated carbocycles. The maximum atomic E-state index is 5.98. The molecule has 1 aliphatic rings. The summed E-state index contributed by atoms with van der Waals surface area (Å²) in [6.45, 7) is 6.10. The molecule has 1 N–H and O–H groups in total. The highest BCUT2D eigenvalue weighted by molar-refractivity contribution is 9.10. The molecule has 1 aromatic carbocycles. The molecule has 4 heteroatoms. The van der Waals surface area contributed by atoms with Crippen molar-refractivity contribution < 1.29 is 4.74 Å². The molecule has 0 aromatic heterocycles. The quantitative estimate of drug-likeness (QED) is 0.900. The molecule has 19 heavy (non-hydrogen) atoms. The first kappa shape index (κ1) is 15.0. The molecular formula is C15H23BrN2O. The molecule has 1 aromatic rings. The number of nitrogens with zero attached hydrogens (tertiary/aromatic N) is 1. The lowest BCUT2D eigenvalue weighted by molar-refractivity contribution is -0.0704. The minimum atomic E-state index is 0.222. The van der Waals surface area contributed by atoms with Gasteiger partial charge in [-0.15, -0.1) is 0 Å². The van der Waals surface area contributed by atoms with Crippen LogP contribution in [0.3, 0.4) is 0 Å². The molecule has 3 nitrogen and oxygen atoms in total. The van der Waals surface area contributed by atoms with E-state index in [2.05, 4.69) is 57.3 Å². The van der Waals surface area contributed by atoms with Crippen LogP contribution in [0.2, 0.25) is 0 Å². The highest BCUT2D eigenvalue weighted by Crippen LogP contribution is 2.30. The summed E-state index contributed by atoms with van der Waals surface area (Å²) in [7, 11) is 1.99. The highest BCUT2D eigenvalue weighted by atomic mass is 79.9. The number of benzene rings is 1. The summed E-state index contributed by atoms with van der Waals surface area (Å²) in [5.74, 6) is 0. The summed E-state index contributed by atoms with van der Waals surface area (Å²) in [5, 5.41) is 3.25. The predicted octanol–water partition coefficient (Wildman–Crippen LogP) is 2.82. The number of hydrogen-bond acceptors (Lipinski definition) is 3. The highest BCUT2D eigenvalue weighted by Gasteiger charge is 2.32. The summed E-state index contributed by atoms with van der Waals surface area (Å²) >= 11 is 3.57. The molecule has 1 saturated heterocycles. The molecule has 0 amide bonds. The van der Waals surface area contributed by atoms with E-state index in [9.17, 15) is 0 Å². The molecule has 0 aliphatic carbocycles. The van der Waals surface area contributed by atoms with Crippen LogP contribution in [0.25, 0.3) is 0 Å².